The molecule has 2 N–H and O–H groups in total. The van der Waals surface area contributed by atoms with Crippen LogP contribution < -0.4 is 5.73 Å². The van der Waals surface area contributed by atoms with Gasteiger partial charge >= 0.3 is 0 Å². The van der Waals surface area contributed by atoms with Crippen molar-refractivity contribution in [2.75, 3.05) is 19.8 Å². The van der Waals surface area contributed by atoms with Crippen LogP contribution in [-0.4, -0.2) is 19.8 Å². The molecule has 0 saturated carbocycles. The summed E-state index contributed by atoms with van der Waals surface area (Å²) < 4.78 is 5.50. The van der Waals surface area contributed by atoms with Crippen molar-refractivity contribution in [2.45, 2.75) is 26.2 Å². The molecule has 1 atom stereocenters. The Morgan fingerprint density at radius 3 is 2.53 bits per heavy atom. The molecule has 0 radical (unpaired) electrons. The molecule has 0 saturated heterocycles. The largest absolute Gasteiger partial charge is 0.381 e. The van der Waals surface area contributed by atoms with E-state index in [0.717, 1.165) is 37.5 Å². The predicted octanol–water partition coefficient (Wildman–Crippen LogP) is 3.27. The number of nitrogens with two attached hydrogens (primary N) is 1. The Hall–Kier alpha value is -0.570. The highest BCUT2D eigenvalue weighted by atomic mass is 35.5. The van der Waals surface area contributed by atoms with Crippen LogP contribution in [0.25, 0.3) is 0 Å². The second-order valence-electron chi connectivity index (χ2n) is 4.33. The van der Waals surface area contributed by atoms with Crippen molar-refractivity contribution in [2.24, 2.45) is 11.7 Å². The lowest BCUT2D eigenvalue weighted by molar-refractivity contribution is 0.121. The van der Waals surface area contributed by atoms with Gasteiger partial charge in [-0.3, -0.25) is 0 Å². The van der Waals surface area contributed by atoms with Gasteiger partial charge in [0.2, 0.25) is 0 Å². The van der Waals surface area contributed by atoms with Gasteiger partial charge in [-0.25, -0.2) is 0 Å². The Labute approximate surface area is 109 Å². The summed E-state index contributed by atoms with van der Waals surface area (Å²) in [5.74, 6) is 0.494. The SMILES string of the molecule is CCCOCCC(CN)Cc1ccc(Cl)cc1. The first-order valence-electron chi connectivity index (χ1n) is 6.28. The summed E-state index contributed by atoms with van der Waals surface area (Å²) in [5.41, 5.74) is 7.08. The molecule has 1 unspecified atom stereocenters. The molecule has 0 aromatic heterocycles. The summed E-state index contributed by atoms with van der Waals surface area (Å²) in [5, 5.41) is 0.782. The van der Waals surface area contributed by atoms with Crippen LogP contribution in [0.3, 0.4) is 0 Å². The second-order valence-corrected chi connectivity index (χ2v) is 4.77. The van der Waals surface area contributed by atoms with Crippen molar-refractivity contribution >= 4 is 11.6 Å². The molecule has 0 bridgehead atoms. The van der Waals surface area contributed by atoms with E-state index in [1.165, 1.54) is 5.56 Å². The van der Waals surface area contributed by atoms with Crippen molar-refractivity contribution in [3.8, 4) is 0 Å². The number of hydrogen-bond donors (Lipinski definition) is 1. The number of halogens is 1. The lowest BCUT2D eigenvalue weighted by atomic mass is 9.97. The molecule has 0 aliphatic carbocycles. The first-order valence-corrected chi connectivity index (χ1v) is 6.66. The van der Waals surface area contributed by atoms with Gasteiger partial charge in [0.15, 0.2) is 0 Å². The molecule has 1 aromatic carbocycles. The fourth-order valence-corrected chi connectivity index (χ4v) is 1.88. The summed E-state index contributed by atoms with van der Waals surface area (Å²) in [6, 6.07) is 7.99. The van der Waals surface area contributed by atoms with Crippen LogP contribution in [0.1, 0.15) is 25.3 Å². The minimum atomic E-state index is 0.494. The van der Waals surface area contributed by atoms with Crippen LogP contribution in [0, 0.1) is 5.92 Å². The van der Waals surface area contributed by atoms with Gasteiger partial charge in [0.05, 0.1) is 0 Å². The molecule has 96 valence electrons. The Kier molecular flexibility index (Phi) is 7.25. The van der Waals surface area contributed by atoms with Gasteiger partial charge in [-0.05, 0) is 49.4 Å². The summed E-state index contributed by atoms with van der Waals surface area (Å²) in [6.45, 7) is 4.48. The molecule has 0 fully saturated rings. The Morgan fingerprint density at radius 1 is 1.24 bits per heavy atom. The normalized spacial score (nSPS) is 12.6. The number of rotatable bonds is 8. The second kappa shape index (κ2) is 8.51. The van der Waals surface area contributed by atoms with E-state index < -0.39 is 0 Å². The first kappa shape index (κ1) is 14.5. The van der Waals surface area contributed by atoms with Crippen molar-refractivity contribution < 1.29 is 4.74 Å². The summed E-state index contributed by atoms with van der Waals surface area (Å²) in [6.07, 6.45) is 3.10. The zero-order valence-corrected chi connectivity index (χ0v) is 11.2. The van der Waals surface area contributed by atoms with Crippen LogP contribution in [0.4, 0.5) is 0 Å². The first-order chi connectivity index (χ1) is 8.26. The minimum absolute atomic E-state index is 0.494. The number of benzene rings is 1. The van der Waals surface area contributed by atoms with Gasteiger partial charge in [0, 0.05) is 18.2 Å². The highest BCUT2D eigenvalue weighted by Crippen LogP contribution is 2.15. The molecule has 0 heterocycles. The van der Waals surface area contributed by atoms with E-state index in [4.69, 9.17) is 22.1 Å². The van der Waals surface area contributed by atoms with E-state index in [9.17, 15) is 0 Å². The van der Waals surface area contributed by atoms with Crippen LogP contribution in [0.2, 0.25) is 5.02 Å². The van der Waals surface area contributed by atoms with E-state index in [2.05, 4.69) is 19.1 Å². The van der Waals surface area contributed by atoms with Crippen molar-refractivity contribution in [3.05, 3.63) is 34.9 Å². The molecule has 1 rings (SSSR count). The molecular weight excluding hydrogens is 234 g/mol. The third kappa shape index (κ3) is 6.06. The van der Waals surface area contributed by atoms with Gasteiger partial charge in [-0.15, -0.1) is 0 Å². The smallest absolute Gasteiger partial charge is 0.0469 e. The predicted molar refractivity (Wildman–Crippen MR) is 73.4 cm³/mol. The van der Waals surface area contributed by atoms with E-state index in [1.54, 1.807) is 0 Å². The Bertz CT molecular complexity index is 300. The molecular formula is C14H22ClNO. The maximum atomic E-state index is 5.86. The van der Waals surface area contributed by atoms with Crippen LogP contribution in [-0.2, 0) is 11.2 Å². The van der Waals surface area contributed by atoms with E-state index in [0.29, 0.717) is 12.5 Å². The van der Waals surface area contributed by atoms with Gasteiger partial charge in [0.1, 0.15) is 0 Å². The number of ether oxygens (including phenoxy) is 1. The third-order valence-corrected chi connectivity index (χ3v) is 3.04. The number of hydrogen-bond acceptors (Lipinski definition) is 2. The average Bonchev–Trinajstić information content (AvgIpc) is 2.35. The molecule has 1 aromatic rings. The molecule has 0 amide bonds. The molecule has 2 nitrogen and oxygen atoms in total. The van der Waals surface area contributed by atoms with E-state index >= 15 is 0 Å². The maximum Gasteiger partial charge on any atom is 0.0469 e. The van der Waals surface area contributed by atoms with Crippen molar-refractivity contribution in [1.29, 1.82) is 0 Å². The summed E-state index contributed by atoms with van der Waals surface area (Å²) in [4.78, 5) is 0. The standard InChI is InChI=1S/C14H22ClNO/c1-2-8-17-9-7-13(11-16)10-12-3-5-14(15)6-4-12/h3-6,13H,2,7-11,16H2,1H3. The topological polar surface area (TPSA) is 35.2 Å². The van der Waals surface area contributed by atoms with Crippen LogP contribution in [0.5, 0.6) is 0 Å². The monoisotopic (exact) mass is 255 g/mol. The van der Waals surface area contributed by atoms with Crippen LogP contribution >= 0.6 is 11.6 Å². The highest BCUT2D eigenvalue weighted by molar-refractivity contribution is 6.30. The lowest BCUT2D eigenvalue weighted by Gasteiger charge is -2.14. The van der Waals surface area contributed by atoms with Crippen LogP contribution in [0.15, 0.2) is 24.3 Å². The average molecular weight is 256 g/mol. The Morgan fingerprint density at radius 2 is 1.94 bits per heavy atom. The van der Waals surface area contributed by atoms with Gasteiger partial charge in [0.25, 0.3) is 0 Å². The minimum Gasteiger partial charge on any atom is -0.381 e. The van der Waals surface area contributed by atoms with Crippen molar-refractivity contribution in [1.82, 2.24) is 0 Å². The molecule has 0 aliphatic rings. The van der Waals surface area contributed by atoms with E-state index in [1.807, 2.05) is 12.1 Å². The lowest BCUT2D eigenvalue weighted by Crippen LogP contribution is -2.19. The van der Waals surface area contributed by atoms with Gasteiger partial charge < -0.3 is 10.5 Å². The fraction of sp³-hybridized carbons (Fsp3) is 0.571. The highest BCUT2D eigenvalue weighted by Gasteiger charge is 2.07. The molecule has 0 aliphatic heterocycles. The Balaban J connectivity index is 2.33. The summed E-state index contributed by atoms with van der Waals surface area (Å²) >= 11 is 5.86. The molecule has 0 spiro atoms. The third-order valence-electron chi connectivity index (χ3n) is 2.79. The zero-order valence-electron chi connectivity index (χ0n) is 10.5. The van der Waals surface area contributed by atoms with Gasteiger partial charge in [-0.1, -0.05) is 30.7 Å². The molecule has 17 heavy (non-hydrogen) atoms. The summed E-state index contributed by atoms with van der Waals surface area (Å²) in [7, 11) is 0. The van der Waals surface area contributed by atoms with E-state index in [-0.39, 0.29) is 0 Å². The maximum absolute atomic E-state index is 5.86. The van der Waals surface area contributed by atoms with Gasteiger partial charge in [-0.2, -0.15) is 0 Å². The fourth-order valence-electron chi connectivity index (χ4n) is 1.75. The van der Waals surface area contributed by atoms with Crippen molar-refractivity contribution in [3.63, 3.8) is 0 Å². The zero-order chi connectivity index (χ0) is 12.5. The molecule has 3 heteroatoms. The quantitative estimate of drug-likeness (QED) is 0.724.